The van der Waals surface area contributed by atoms with Crippen LogP contribution in [0, 0.1) is 12.7 Å². The van der Waals surface area contributed by atoms with E-state index in [9.17, 15) is 17.6 Å². The molecule has 1 heterocycles. The van der Waals surface area contributed by atoms with Crippen LogP contribution in [0.25, 0.3) is 0 Å². The Bertz CT molecular complexity index is 1410. The van der Waals surface area contributed by atoms with Gasteiger partial charge in [-0.2, -0.15) is 4.98 Å². The van der Waals surface area contributed by atoms with Crippen LogP contribution in [0.3, 0.4) is 0 Å². The number of carbonyl (C=O) groups is 1. The first kappa shape index (κ1) is 28.2. The minimum atomic E-state index is -3.82. The second kappa shape index (κ2) is 11.8. The average molecular weight is 549 g/mol. The van der Waals surface area contributed by atoms with Crippen molar-refractivity contribution in [3.05, 3.63) is 47.9 Å². The second-order valence-corrected chi connectivity index (χ2v) is 9.98. The topological polar surface area (TPSA) is 158 Å². The number of rotatable bonds is 12. The van der Waals surface area contributed by atoms with Gasteiger partial charge in [-0.25, -0.2) is 17.8 Å². The van der Waals surface area contributed by atoms with Crippen LogP contribution in [-0.4, -0.2) is 58.4 Å². The summed E-state index contributed by atoms with van der Waals surface area (Å²) < 4.78 is 57.0. The number of amides is 1. The molecule has 0 spiro atoms. The molecular formula is C24H29FN6O6S. The van der Waals surface area contributed by atoms with E-state index in [1.54, 1.807) is 37.3 Å². The van der Waals surface area contributed by atoms with Crippen LogP contribution < -0.4 is 34.9 Å². The zero-order valence-electron chi connectivity index (χ0n) is 21.5. The third kappa shape index (κ3) is 6.51. The van der Waals surface area contributed by atoms with Crippen LogP contribution in [0.15, 0.2) is 36.5 Å². The molecule has 3 rings (SSSR count). The summed E-state index contributed by atoms with van der Waals surface area (Å²) in [6, 6.07) is 8.18. The normalized spacial score (nSPS) is 11.0. The summed E-state index contributed by atoms with van der Waals surface area (Å²) in [5.41, 5.74) is 6.76. The first-order chi connectivity index (χ1) is 18.0. The summed E-state index contributed by atoms with van der Waals surface area (Å²) in [6.45, 7) is 1.50. The van der Waals surface area contributed by atoms with E-state index in [0.717, 1.165) is 16.8 Å². The number of primary amides is 1. The highest BCUT2D eigenvalue weighted by atomic mass is 32.2. The molecule has 0 unspecified atom stereocenters. The number of ether oxygens (including phenoxy) is 3. The Balaban J connectivity index is 2.00. The first-order valence-electron chi connectivity index (χ1n) is 11.2. The van der Waals surface area contributed by atoms with Crippen molar-refractivity contribution in [2.24, 2.45) is 5.73 Å². The minimum Gasteiger partial charge on any atom is -0.493 e. The summed E-state index contributed by atoms with van der Waals surface area (Å²) in [7, 11) is 0.608. The highest BCUT2D eigenvalue weighted by molar-refractivity contribution is 7.92. The molecule has 38 heavy (non-hydrogen) atoms. The lowest BCUT2D eigenvalue weighted by atomic mass is 10.1. The Morgan fingerprint density at radius 2 is 1.76 bits per heavy atom. The molecule has 0 aliphatic carbocycles. The number of halogens is 1. The molecule has 12 nitrogen and oxygen atoms in total. The maximum atomic E-state index is 14.8. The zero-order valence-corrected chi connectivity index (χ0v) is 22.3. The Hall–Kier alpha value is -4.33. The Morgan fingerprint density at radius 1 is 1.11 bits per heavy atom. The zero-order chi connectivity index (χ0) is 28.0. The number of carbonyl (C=O) groups excluding carboxylic acids is 1. The van der Waals surface area contributed by atoms with E-state index in [4.69, 9.17) is 19.9 Å². The predicted molar refractivity (Wildman–Crippen MR) is 142 cm³/mol. The Labute approximate surface area is 220 Å². The van der Waals surface area contributed by atoms with Crippen LogP contribution >= 0.6 is 0 Å². The molecule has 2 aromatic carbocycles. The molecule has 0 bridgehead atoms. The number of para-hydroxylation sites is 1. The molecule has 204 valence electrons. The number of anilines is 5. The van der Waals surface area contributed by atoms with Gasteiger partial charge in [-0.1, -0.05) is 12.1 Å². The monoisotopic (exact) mass is 548 g/mol. The van der Waals surface area contributed by atoms with Gasteiger partial charge in [0.05, 0.1) is 45.2 Å². The smallest absolute Gasteiger partial charge is 0.232 e. The number of hydrogen-bond acceptors (Lipinski definition) is 10. The number of methoxy groups -OCH3 is 3. The second-order valence-electron chi connectivity index (χ2n) is 8.08. The van der Waals surface area contributed by atoms with Crippen LogP contribution in [0.4, 0.5) is 33.2 Å². The van der Waals surface area contributed by atoms with Crippen molar-refractivity contribution in [2.45, 2.75) is 13.3 Å². The number of aromatic nitrogens is 2. The van der Waals surface area contributed by atoms with E-state index in [2.05, 4.69) is 20.6 Å². The van der Waals surface area contributed by atoms with Crippen molar-refractivity contribution >= 4 is 44.8 Å². The van der Waals surface area contributed by atoms with Crippen molar-refractivity contribution < 1.29 is 31.8 Å². The van der Waals surface area contributed by atoms with Gasteiger partial charge in [-0.05, 0) is 18.6 Å². The molecule has 0 saturated heterocycles. The highest BCUT2D eigenvalue weighted by Crippen LogP contribution is 2.40. The lowest BCUT2D eigenvalue weighted by Gasteiger charge is -2.26. The number of hydrogen-bond donors (Lipinski definition) is 3. The molecule has 3 aromatic rings. The van der Waals surface area contributed by atoms with Gasteiger partial charge in [0, 0.05) is 30.8 Å². The maximum absolute atomic E-state index is 14.8. The summed E-state index contributed by atoms with van der Waals surface area (Å²) in [5, 5.41) is 5.82. The molecule has 0 atom stereocenters. The van der Waals surface area contributed by atoms with Crippen molar-refractivity contribution in [1.82, 2.24) is 9.97 Å². The van der Waals surface area contributed by atoms with Crippen LogP contribution in [0.1, 0.15) is 12.0 Å². The van der Waals surface area contributed by atoms with E-state index in [0.29, 0.717) is 28.5 Å². The van der Waals surface area contributed by atoms with Gasteiger partial charge >= 0.3 is 0 Å². The lowest BCUT2D eigenvalue weighted by molar-refractivity contribution is -0.117. The molecule has 0 radical (unpaired) electrons. The number of sulfonamides is 1. The third-order valence-corrected chi connectivity index (χ3v) is 6.53. The summed E-state index contributed by atoms with van der Waals surface area (Å²) in [4.78, 5) is 19.6. The number of aryl methyl sites for hydroxylation is 1. The number of nitrogens with two attached hydrogens (primary N) is 1. The standard InChI is InChI=1S/C24H29FN6O6S/c1-14-7-6-8-17(21(14)31(38(5,33)34)10-9-20(26)32)29-23-16(25)13-27-24(30-23)28-15-11-18(35-2)22(37-4)19(12-15)36-3/h6-8,11-13H,9-10H2,1-5H3,(H2,26,32)(H2,27,28,29,30). The van der Waals surface area contributed by atoms with E-state index in [1.165, 1.54) is 21.3 Å². The quantitative estimate of drug-likeness (QED) is 0.307. The summed E-state index contributed by atoms with van der Waals surface area (Å²) in [5.74, 6) is -0.466. The van der Waals surface area contributed by atoms with Gasteiger partial charge in [-0.3, -0.25) is 9.10 Å². The predicted octanol–water partition coefficient (Wildman–Crippen LogP) is 3.08. The summed E-state index contributed by atoms with van der Waals surface area (Å²) >= 11 is 0. The summed E-state index contributed by atoms with van der Waals surface area (Å²) in [6.07, 6.45) is 1.77. The van der Waals surface area contributed by atoms with Gasteiger partial charge in [0.15, 0.2) is 23.1 Å². The van der Waals surface area contributed by atoms with Crippen LogP contribution in [0.5, 0.6) is 17.2 Å². The number of benzene rings is 2. The van der Waals surface area contributed by atoms with Crippen LogP contribution in [-0.2, 0) is 14.8 Å². The maximum Gasteiger partial charge on any atom is 0.232 e. The average Bonchev–Trinajstić information content (AvgIpc) is 2.86. The van der Waals surface area contributed by atoms with E-state index >= 15 is 0 Å². The van der Waals surface area contributed by atoms with Crippen molar-refractivity contribution in [2.75, 3.05) is 49.1 Å². The molecule has 14 heteroatoms. The lowest BCUT2D eigenvalue weighted by Crippen LogP contribution is -2.34. The highest BCUT2D eigenvalue weighted by Gasteiger charge is 2.24. The fourth-order valence-electron chi connectivity index (χ4n) is 3.67. The SMILES string of the molecule is COc1cc(Nc2ncc(F)c(Nc3cccc(C)c3N(CCC(N)=O)S(C)(=O)=O)n2)cc(OC)c1OC. The molecule has 0 aliphatic rings. The van der Waals surface area contributed by atoms with Gasteiger partial charge in [0.1, 0.15) is 0 Å². The van der Waals surface area contributed by atoms with Gasteiger partial charge in [-0.15, -0.1) is 0 Å². The molecule has 0 saturated carbocycles. The van der Waals surface area contributed by atoms with Crippen LogP contribution in [0.2, 0.25) is 0 Å². The molecular weight excluding hydrogens is 519 g/mol. The van der Waals surface area contributed by atoms with Gasteiger partial charge < -0.3 is 30.6 Å². The fourth-order valence-corrected chi connectivity index (χ4v) is 4.67. The first-order valence-corrected chi connectivity index (χ1v) is 13.1. The largest absolute Gasteiger partial charge is 0.493 e. The van der Waals surface area contributed by atoms with Crippen molar-refractivity contribution in [3.8, 4) is 17.2 Å². The molecule has 4 N–H and O–H groups in total. The number of nitrogens with zero attached hydrogens (tertiary/aromatic N) is 3. The Kier molecular flexibility index (Phi) is 8.78. The molecule has 1 amide bonds. The van der Waals surface area contributed by atoms with Crippen molar-refractivity contribution in [1.29, 1.82) is 0 Å². The third-order valence-electron chi connectivity index (χ3n) is 5.37. The van der Waals surface area contributed by atoms with Gasteiger partial charge in [0.25, 0.3) is 0 Å². The molecule has 0 aliphatic heterocycles. The molecule has 0 fully saturated rings. The molecule has 1 aromatic heterocycles. The van der Waals surface area contributed by atoms with Crippen molar-refractivity contribution in [3.63, 3.8) is 0 Å². The van der Waals surface area contributed by atoms with E-state index in [1.807, 2.05) is 0 Å². The number of nitrogens with one attached hydrogen (secondary N) is 2. The van der Waals surface area contributed by atoms with E-state index < -0.39 is 21.7 Å². The van der Waals surface area contributed by atoms with E-state index in [-0.39, 0.29) is 36.1 Å². The minimum absolute atomic E-state index is 0.0334. The Morgan fingerprint density at radius 3 is 2.32 bits per heavy atom. The van der Waals surface area contributed by atoms with Gasteiger partial charge in [0.2, 0.25) is 27.6 Å². The fraction of sp³-hybridized carbons (Fsp3) is 0.292.